The van der Waals surface area contributed by atoms with Crippen LogP contribution in [0.4, 0.5) is 5.82 Å². The van der Waals surface area contributed by atoms with Crippen LogP contribution in [0.15, 0.2) is 42.7 Å². The van der Waals surface area contributed by atoms with Crippen molar-refractivity contribution in [2.45, 2.75) is 19.8 Å². The molecule has 0 aliphatic rings. The van der Waals surface area contributed by atoms with Crippen molar-refractivity contribution in [1.82, 2.24) is 15.3 Å². The highest BCUT2D eigenvalue weighted by molar-refractivity contribution is 5.92. The van der Waals surface area contributed by atoms with Gasteiger partial charge in [-0.05, 0) is 18.4 Å². The molecule has 0 fully saturated rings. The van der Waals surface area contributed by atoms with Crippen molar-refractivity contribution in [2.24, 2.45) is 0 Å². The molecule has 1 heterocycles. The Labute approximate surface area is 124 Å². The van der Waals surface area contributed by atoms with Gasteiger partial charge in [-0.2, -0.15) is 0 Å². The Morgan fingerprint density at radius 1 is 1.14 bits per heavy atom. The van der Waals surface area contributed by atoms with E-state index in [2.05, 4.69) is 27.5 Å². The Kier molecular flexibility index (Phi) is 5.70. The Morgan fingerprint density at radius 2 is 1.95 bits per heavy atom. The summed E-state index contributed by atoms with van der Waals surface area (Å²) < 4.78 is 0. The van der Waals surface area contributed by atoms with Crippen LogP contribution in [-0.4, -0.2) is 29.0 Å². The summed E-state index contributed by atoms with van der Waals surface area (Å²) >= 11 is 0. The number of nitrogens with zero attached hydrogens (tertiary/aromatic N) is 2. The van der Waals surface area contributed by atoms with Gasteiger partial charge >= 0.3 is 0 Å². The molecule has 5 nitrogen and oxygen atoms in total. The van der Waals surface area contributed by atoms with E-state index in [4.69, 9.17) is 0 Å². The van der Waals surface area contributed by atoms with Gasteiger partial charge in [-0.15, -0.1) is 0 Å². The quantitative estimate of drug-likeness (QED) is 0.818. The van der Waals surface area contributed by atoms with Gasteiger partial charge in [0.2, 0.25) is 0 Å². The van der Waals surface area contributed by atoms with Crippen LogP contribution in [-0.2, 0) is 6.42 Å². The minimum atomic E-state index is -0.173. The molecule has 21 heavy (non-hydrogen) atoms. The van der Waals surface area contributed by atoms with Crippen molar-refractivity contribution in [3.05, 3.63) is 54.0 Å². The summed E-state index contributed by atoms with van der Waals surface area (Å²) in [6, 6.07) is 11.7. The Bertz CT molecular complexity index is 571. The Hall–Kier alpha value is -2.43. The molecule has 2 aromatic rings. The van der Waals surface area contributed by atoms with Crippen LogP contribution in [0.2, 0.25) is 0 Å². The van der Waals surface area contributed by atoms with Crippen LogP contribution in [0.5, 0.6) is 0 Å². The van der Waals surface area contributed by atoms with Gasteiger partial charge < -0.3 is 10.6 Å². The molecule has 1 amide bonds. The summed E-state index contributed by atoms with van der Waals surface area (Å²) in [5.74, 6) is 0.507. The van der Waals surface area contributed by atoms with E-state index in [1.165, 1.54) is 11.9 Å². The number of hydrogen-bond acceptors (Lipinski definition) is 4. The van der Waals surface area contributed by atoms with E-state index in [-0.39, 0.29) is 5.91 Å². The van der Waals surface area contributed by atoms with Crippen molar-refractivity contribution in [2.75, 3.05) is 18.4 Å². The molecule has 0 saturated carbocycles. The van der Waals surface area contributed by atoms with Gasteiger partial charge in [0.15, 0.2) is 0 Å². The first-order valence-corrected chi connectivity index (χ1v) is 7.17. The maximum atomic E-state index is 12.0. The number of benzene rings is 1. The summed E-state index contributed by atoms with van der Waals surface area (Å²) in [6.45, 7) is 3.49. The molecular formula is C16H20N4O. The highest BCUT2D eigenvalue weighted by Gasteiger charge is 2.07. The predicted molar refractivity (Wildman–Crippen MR) is 83.3 cm³/mol. The average Bonchev–Trinajstić information content (AvgIpc) is 2.54. The molecule has 0 unspecified atom stereocenters. The van der Waals surface area contributed by atoms with Gasteiger partial charge in [0, 0.05) is 19.2 Å². The maximum Gasteiger partial charge on any atom is 0.270 e. The van der Waals surface area contributed by atoms with E-state index in [0.717, 1.165) is 19.4 Å². The van der Waals surface area contributed by atoms with Gasteiger partial charge in [-0.3, -0.25) is 4.79 Å². The molecule has 0 bridgehead atoms. The zero-order valence-corrected chi connectivity index (χ0v) is 12.2. The molecule has 0 atom stereocenters. The number of carbonyl (C=O) groups is 1. The summed E-state index contributed by atoms with van der Waals surface area (Å²) in [5, 5.41) is 6.01. The first kappa shape index (κ1) is 15.0. The fourth-order valence-electron chi connectivity index (χ4n) is 1.89. The van der Waals surface area contributed by atoms with Crippen LogP contribution >= 0.6 is 0 Å². The molecule has 0 saturated heterocycles. The lowest BCUT2D eigenvalue weighted by atomic mass is 10.1. The molecule has 0 aliphatic carbocycles. The van der Waals surface area contributed by atoms with E-state index in [0.29, 0.717) is 18.1 Å². The lowest BCUT2D eigenvalue weighted by Crippen LogP contribution is -2.26. The molecule has 0 aliphatic heterocycles. The summed E-state index contributed by atoms with van der Waals surface area (Å²) in [6.07, 6.45) is 3.21. The predicted octanol–water partition coefficient (Wildman–Crippen LogP) is 2.27. The summed E-state index contributed by atoms with van der Waals surface area (Å²) in [5.41, 5.74) is 1.59. The number of nitrogens with one attached hydrogen (secondary N) is 2. The topological polar surface area (TPSA) is 66.9 Å². The monoisotopic (exact) mass is 284 g/mol. The first-order valence-electron chi connectivity index (χ1n) is 7.17. The van der Waals surface area contributed by atoms with Crippen molar-refractivity contribution in [1.29, 1.82) is 0 Å². The molecule has 2 N–H and O–H groups in total. The third-order valence-electron chi connectivity index (χ3n) is 3.00. The fraction of sp³-hybridized carbons (Fsp3) is 0.312. The summed E-state index contributed by atoms with van der Waals surface area (Å²) in [4.78, 5) is 20.1. The minimum Gasteiger partial charge on any atom is -0.370 e. The molecule has 1 aromatic heterocycles. The molecule has 2 rings (SSSR count). The second-order valence-electron chi connectivity index (χ2n) is 4.71. The third-order valence-corrected chi connectivity index (χ3v) is 3.00. The maximum absolute atomic E-state index is 12.0. The number of carbonyl (C=O) groups excluding carboxylic acids is 1. The van der Waals surface area contributed by atoms with Crippen LogP contribution in [0.25, 0.3) is 0 Å². The Morgan fingerprint density at radius 3 is 2.71 bits per heavy atom. The fourth-order valence-corrected chi connectivity index (χ4v) is 1.89. The van der Waals surface area contributed by atoms with Crippen molar-refractivity contribution in [3.63, 3.8) is 0 Å². The SMILES string of the molecule is CCCNc1cc(C(=O)NCCc2ccccc2)ncn1. The van der Waals surface area contributed by atoms with E-state index in [1.807, 2.05) is 30.3 Å². The molecular weight excluding hydrogens is 264 g/mol. The third kappa shape index (κ3) is 4.87. The van der Waals surface area contributed by atoms with Gasteiger partial charge in [-0.25, -0.2) is 9.97 Å². The van der Waals surface area contributed by atoms with E-state index < -0.39 is 0 Å². The van der Waals surface area contributed by atoms with Crippen LogP contribution in [0.1, 0.15) is 29.4 Å². The standard InChI is InChI=1S/C16H20N4O/c1-2-9-17-15-11-14(19-12-20-15)16(21)18-10-8-13-6-4-3-5-7-13/h3-7,11-12H,2,8-10H2,1H3,(H,18,21)(H,17,19,20). The summed E-state index contributed by atoms with van der Waals surface area (Å²) in [7, 11) is 0. The number of amides is 1. The lowest BCUT2D eigenvalue weighted by Gasteiger charge is -2.07. The van der Waals surface area contributed by atoms with E-state index >= 15 is 0 Å². The van der Waals surface area contributed by atoms with Crippen LogP contribution in [0.3, 0.4) is 0 Å². The molecule has 1 aromatic carbocycles. The molecule has 0 spiro atoms. The second kappa shape index (κ2) is 7.99. The largest absolute Gasteiger partial charge is 0.370 e. The van der Waals surface area contributed by atoms with Gasteiger partial charge in [0.05, 0.1) is 0 Å². The number of anilines is 1. The number of rotatable bonds is 7. The Balaban J connectivity index is 1.85. The smallest absolute Gasteiger partial charge is 0.270 e. The van der Waals surface area contributed by atoms with Gasteiger partial charge in [0.1, 0.15) is 17.8 Å². The molecule has 0 radical (unpaired) electrons. The average molecular weight is 284 g/mol. The normalized spacial score (nSPS) is 10.1. The second-order valence-corrected chi connectivity index (χ2v) is 4.71. The van der Waals surface area contributed by atoms with Crippen molar-refractivity contribution >= 4 is 11.7 Å². The highest BCUT2D eigenvalue weighted by Crippen LogP contribution is 2.04. The zero-order chi connectivity index (χ0) is 14.9. The van der Waals surface area contributed by atoms with E-state index in [1.54, 1.807) is 6.07 Å². The van der Waals surface area contributed by atoms with E-state index in [9.17, 15) is 4.79 Å². The van der Waals surface area contributed by atoms with Crippen molar-refractivity contribution in [3.8, 4) is 0 Å². The van der Waals surface area contributed by atoms with Gasteiger partial charge in [0.25, 0.3) is 5.91 Å². The minimum absolute atomic E-state index is 0.173. The molecule has 110 valence electrons. The van der Waals surface area contributed by atoms with Gasteiger partial charge in [-0.1, -0.05) is 37.3 Å². The molecule has 5 heteroatoms. The highest BCUT2D eigenvalue weighted by atomic mass is 16.1. The first-order chi connectivity index (χ1) is 10.3. The van der Waals surface area contributed by atoms with Crippen LogP contribution in [0, 0.1) is 0 Å². The number of hydrogen-bond donors (Lipinski definition) is 2. The number of aromatic nitrogens is 2. The zero-order valence-electron chi connectivity index (χ0n) is 12.2. The lowest BCUT2D eigenvalue weighted by molar-refractivity contribution is 0.0949. The van der Waals surface area contributed by atoms with Crippen molar-refractivity contribution < 1.29 is 4.79 Å². The van der Waals surface area contributed by atoms with Crippen LogP contribution < -0.4 is 10.6 Å².